The Bertz CT molecular complexity index is 1410. The van der Waals surface area contributed by atoms with Gasteiger partial charge in [-0.2, -0.15) is 0 Å². The molecule has 3 nitrogen and oxygen atoms in total. The maximum atomic E-state index is 14.9. The minimum Gasteiger partial charge on any atom is -0.271 e. The maximum Gasteiger partial charge on any atom is 0.260 e. The highest BCUT2D eigenvalue weighted by molar-refractivity contribution is 6.03. The van der Waals surface area contributed by atoms with Crippen molar-refractivity contribution in [2.75, 3.05) is 5.01 Å². The van der Waals surface area contributed by atoms with E-state index in [4.69, 9.17) is 0 Å². The van der Waals surface area contributed by atoms with Crippen LogP contribution in [-0.2, 0) is 15.7 Å². The molecule has 1 heterocycles. The van der Waals surface area contributed by atoms with E-state index in [1.165, 1.54) is 0 Å². The van der Waals surface area contributed by atoms with Gasteiger partial charge < -0.3 is 0 Å². The summed E-state index contributed by atoms with van der Waals surface area (Å²) >= 11 is 0. The molecule has 1 saturated heterocycles. The van der Waals surface area contributed by atoms with Gasteiger partial charge in [0.1, 0.15) is 11.0 Å². The Balaban J connectivity index is 1.67. The summed E-state index contributed by atoms with van der Waals surface area (Å²) in [6, 6.07) is 51.1. The van der Waals surface area contributed by atoms with E-state index in [1.807, 2.05) is 83.9 Å². The van der Waals surface area contributed by atoms with Gasteiger partial charge in [0.2, 0.25) is 0 Å². The zero-order chi connectivity index (χ0) is 25.3. The lowest BCUT2D eigenvalue weighted by Gasteiger charge is -2.66. The summed E-state index contributed by atoms with van der Waals surface area (Å²) in [6.07, 6.45) is 0. The molecule has 5 aromatic rings. The van der Waals surface area contributed by atoms with Gasteiger partial charge in [-0.25, -0.2) is 5.01 Å². The number of β-lactam (4-membered cyclic amide) rings is 1. The lowest BCUT2D eigenvalue weighted by Crippen LogP contribution is -2.80. The van der Waals surface area contributed by atoms with Crippen LogP contribution < -0.4 is 5.01 Å². The van der Waals surface area contributed by atoms with Crippen molar-refractivity contribution >= 4 is 17.3 Å². The van der Waals surface area contributed by atoms with Crippen molar-refractivity contribution in [3.05, 3.63) is 168 Å². The van der Waals surface area contributed by atoms with E-state index in [9.17, 15) is 4.79 Å². The second-order valence-corrected chi connectivity index (χ2v) is 9.52. The SMILES string of the molecule is C[C@@]1(c2ccccc2)N(N(c2ccccc2)c2ccccc2)C(=O)C1(c1ccccc1)c1ccccc1. The van der Waals surface area contributed by atoms with Gasteiger partial charge >= 0.3 is 0 Å². The number of carbonyl (C=O) groups excluding carboxylic acids is 1. The summed E-state index contributed by atoms with van der Waals surface area (Å²) in [4.78, 5) is 14.9. The van der Waals surface area contributed by atoms with Gasteiger partial charge in [-0.15, -0.1) is 0 Å². The number of benzene rings is 5. The highest BCUT2D eigenvalue weighted by Crippen LogP contribution is 2.61. The zero-order valence-electron chi connectivity index (χ0n) is 20.7. The second kappa shape index (κ2) is 9.11. The summed E-state index contributed by atoms with van der Waals surface area (Å²) in [5.41, 5.74) is 3.24. The maximum absolute atomic E-state index is 14.9. The van der Waals surface area contributed by atoms with Gasteiger partial charge in [-0.3, -0.25) is 9.80 Å². The zero-order valence-corrected chi connectivity index (χ0v) is 20.7. The number of anilines is 2. The summed E-state index contributed by atoms with van der Waals surface area (Å²) in [7, 11) is 0. The fourth-order valence-electron chi connectivity index (χ4n) is 5.94. The minimum atomic E-state index is -0.918. The molecule has 5 aromatic carbocycles. The van der Waals surface area contributed by atoms with Crippen molar-refractivity contribution in [3.8, 4) is 0 Å². The fourth-order valence-corrected chi connectivity index (χ4v) is 5.94. The molecule has 0 unspecified atom stereocenters. The molecule has 1 aliphatic rings. The Morgan fingerprint density at radius 2 is 0.811 bits per heavy atom. The standard InChI is InChI=1S/C34H28N2O/c1-33(27-17-7-2-8-18-27)34(28-19-9-3-10-20-28,29-21-11-4-12-22-29)32(37)36(33)35(30-23-13-5-14-24-30)31-25-15-6-16-26-31/h2-26H,1H3/t33-/m0/s1. The van der Waals surface area contributed by atoms with E-state index in [1.54, 1.807) is 0 Å². The van der Waals surface area contributed by atoms with E-state index in [2.05, 4.69) is 84.7 Å². The van der Waals surface area contributed by atoms with Crippen LogP contribution in [0.5, 0.6) is 0 Å². The Kier molecular flexibility index (Phi) is 5.61. The fraction of sp³-hybridized carbons (Fsp3) is 0.0882. The summed E-state index contributed by atoms with van der Waals surface area (Å²) in [6.45, 7) is 2.20. The van der Waals surface area contributed by atoms with Crippen LogP contribution in [0.1, 0.15) is 23.6 Å². The molecule has 180 valence electrons. The number of para-hydroxylation sites is 2. The molecular weight excluding hydrogens is 452 g/mol. The molecule has 1 amide bonds. The largest absolute Gasteiger partial charge is 0.271 e. The number of amides is 1. The second-order valence-electron chi connectivity index (χ2n) is 9.52. The lowest BCUT2D eigenvalue weighted by molar-refractivity contribution is -0.173. The monoisotopic (exact) mass is 480 g/mol. The van der Waals surface area contributed by atoms with E-state index in [-0.39, 0.29) is 5.91 Å². The molecule has 1 fully saturated rings. The molecule has 0 bridgehead atoms. The Labute approximate surface area is 218 Å². The first kappa shape index (κ1) is 22.8. The molecule has 1 aliphatic heterocycles. The Hall–Kier alpha value is -4.63. The molecule has 37 heavy (non-hydrogen) atoms. The molecule has 6 rings (SSSR count). The first-order valence-corrected chi connectivity index (χ1v) is 12.6. The van der Waals surface area contributed by atoms with Gasteiger partial charge in [-0.05, 0) is 47.9 Å². The van der Waals surface area contributed by atoms with Crippen LogP contribution in [0.25, 0.3) is 0 Å². The molecule has 0 aromatic heterocycles. The predicted octanol–water partition coefficient (Wildman–Crippen LogP) is 7.48. The van der Waals surface area contributed by atoms with E-state index < -0.39 is 11.0 Å². The summed E-state index contributed by atoms with van der Waals surface area (Å²) in [5.74, 6) is 0.0314. The van der Waals surface area contributed by atoms with Crippen molar-refractivity contribution < 1.29 is 4.79 Å². The van der Waals surface area contributed by atoms with Crippen LogP contribution in [0.4, 0.5) is 11.4 Å². The third-order valence-corrected chi connectivity index (χ3v) is 7.62. The predicted molar refractivity (Wildman–Crippen MR) is 149 cm³/mol. The Morgan fingerprint density at radius 1 is 0.486 bits per heavy atom. The number of carbonyl (C=O) groups is 1. The van der Waals surface area contributed by atoms with Gasteiger partial charge in [0, 0.05) is 0 Å². The highest BCUT2D eigenvalue weighted by Gasteiger charge is 2.73. The number of hydrogen-bond donors (Lipinski definition) is 0. The number of hydrogen-bond acceptors (Lipinski definition) is 2. The normalized spacial score (nSPS) is 18.2. The van der Waals surface area contributed by atoms with Crippen molar-refractivity contribution in [2.24, 2.45) is 0 Å². The number of rotatable bonds is 6. The van der Waals surface area contributed by atoms with E-state index in [0.29, 0.717) is 0 Å². The average Bonchev–Trinajstić information content (AvgIpc) is 2.98. The molecule has 0 aliphatic carbocycles. The van der Waals surface area contributed by atoms with Crippen molar-refractivity contribution in [2.45, 2.75) is 17.9 Å². The van der Waals surface area contributed by atoms with Crippen LogP contribution in [0.2, 0.25) is 0 Å². The Morgan fingerprint density at radius 3 is 1.19 bits per heavy atom. The molecule has 3 heteroatoms. The first-order valence-electron chi connectivity index (χ1n) is 12.6. The summed E-state index contributed by atoms with van der Waals surface area (Å²) in [5, 5.41) is 4.02. The molecular formula is C34H28N2O. The highest BCUT2D eigenvalue weighted by atomic mass is 16.2. The van der Waals surface area contributed by atoms with Crippen LogP contribution >= 0.6 is 0 Å². The molecule has 0 N–H and O–H groups in total. The van der Waals surface area contributed by atoms with Gasteiger partial charge in [-0.1, -0.05) is 127 Å². The topological polar surface area (TPSA) is 23.6 Å². The van der Waals surface area contributed by atoms with Crippen molar-refractivity contribution in [3.63, 3.8) is 0 Å². The van der Waals surface area contributed by atoms with Crippen LogP contribution in [-0.4, -0.2) is 10.9 Å². The van der Waals surface area contributed by atoms with Crippen molar-refractivity contribution in [1.29, 1.82) is 0 Å². The number of hydrazine groups is 1. The number of nitrogens with zero attached hydrogens (tertiary/aromatic N) is 2. The summed E-state index contributed by atoms with van der Waals surface area (Å²) < 4.78 is 0. The van der Waals surface area contributed by atoms with Crippen LogP contribution in [0.3, 0.4) is 0 Å². The van der Waals surface area contributed by atoms with Gasteiger partial charge in [0.05, 0.1) is 11.4 Å². The van der Waals surface area contributed by atoms with Crippen LogP contribution in [0.15, 0.2) is 152 Å². The third-order valence-electron chi connectivity index (χ3n) is 7.62. The molecule has 0 saturated carbocycles. The molecule has 0 radical (unpaired) electrons. The smallest absolute Gasteiger partial charge is 0.260 e. The van der Waals surface area contributed by atoms with Crippen LogP contribution in [0, 0.1) is 0 Å². The van der Waals surface area contributed by atoms with Gasteiger partial charge in [0.25, 0.3) is 5.91 Å². The molecule has 1 atom stereocenters. The van der Waals surface area contributed by atoms with Crippen molar-refractivity contribution in [1.82, 2.24) is 5.01 Å². The van der Waals surface area contributed by atoms with E-state index in [0.717, 1.165) is 28.1 Å². The van der Waals surface area contributed by atoms with Gasteiger partial charge in [0.15, 0.2) is 0 Å². The third kappa shape index (κ3) is 3.31. The molecule has 0 spiro atoms. The minimum absolute atomic E-state index is 0.0314. The lowest BCUT2D eigenvalue weighted by atomic mass is 9.52. The van der Waals surface area contributed by atoms with E-state index >= 15 is 0 Å². The quantitative estimate of drug-likeness (QED) is 0.235. The first-order chi connectivity index (χ1) is 18.2. The average molecular weight is 481 g/mol.